The first-order valence-corrected chi connectivity index (χ1v) is 6.91. The van der Waals surface area contributed by atoms with E-state index < -0.39 is 0 Å². The van der Waals surface area contributed by atoms with Gasteiger partial charge in [-0.3, -0.25) is 9.59 Å². The molecule has 0 unspecified atom stereocenters. The molecule has 0 aliphatic rings. The predicted octanol–water partition coefficient (Wildman–Crippen LogP) is 2.83. The number of benzene rings is 1. The number of carbonyl (C=O) groups is 2. The Morgan fingerprint density at radius 2 is 1.80 bits per heavy atom. The lowest BCUT2D eigenvalue weighted by molar-refractivity contribution is -0.137. The third kappa shape index (κ3) is 4.37. The summed E-state index contributed by atoms with van der Waals surface area (Å²) in [6.45, 7) is 9.35. The van der Waals surface area contributed by atoms with Crippen molar-refractivity contribution in [2.45, 2.75) is 46.6 Å². The number of hydrogen-bond donors (Lipinski definition) is 1. The number of para-hydroxylation sites is 1. The van der Waals surface area contributed by atoms with E-state index in [4.69, 9.17) is 0 Å². The van der Waals surface area contributed by atoms with Gasteiger partial charge < -0.3 is 10.2 Å². The molecule has 1 aromatic rings. The Morgan fingerprint density at radius 1 is 1.20 bits per heavy atom. The molecule has 0 atom stereocenters. The van der Waals surface area contributed by atoms with Crippen molar-refractivity contribution >= 4 is 17.5 Å². The number of hydrogen-bond acceptors (Lipinski definition) is 2. The molecule has 4 heteroatoms. The van der Waals surface area contributed by atoms with Gasteiger partial charge in [0.05, 0.1) is 0 Å². The van der Waals surface area contributed by atoms with Crippen molar-refractivity contribution in [1.82, 2.24) is 4.90 Å². The van der Waals surface area contributed by atoms with Gasteiger partial charge >= 0.3 is 0 Å². The minimum atomic E-state index is -0.368. The van der Waals surface area contributed by atoms with Crippen LogP contribution >= 0.6 is 0 Å². The Bertz CT molecular complexity index is 489. The molecular weight excluding hydrogens is 252 g/mol. The van der Waals surface area contributed by atoms with E-state index in [2.05, 4.69) is 5.32 Å². The quantitative estimate of drug-likeness (QED) is 0.919. The summed E-state index contributed by atoms with van der Waals surface area (Å²) in [4.78, 5) is 25.4. The monoisotopic (exact) mass is 276 g/mol. The van der Waals surface area contributed by atoms with Crippen LogP contribution in [0, 0.1) is 0 Å². The van der Waals surface area contributed by atoms with E-state index in [0.29, 0.717) is 0 Å². The fourth-order valence-corrected chi connectivity index (χ4v) is 2.10. The van der Waals surface area contributed by atoms with Gasteiger partial charge in [0.25, 0.3) is 0 Å². The summed E-state index contributed by atoms with van der Waals surface area (Å²) < 4.78 is 0. The van der Waals surface area contributed by atoms with Crippen LogP contribution in [0.3, 0.4) is 0 Å². The Labute approximate surface area is 121 Å². The van der Waals surface area contributed by atoms with Crippen molar-refractivity contribution < 1.29 is 9.59 Å². The molecule has 1 aromatic carbocycles. The van der Waals surface area contributed by atoms with Crippen molar-refractivity contribution in [3.8, 4) is 0 Å². The molecule has 0 fully saturated rings. The Morgan fingerprint density at radius 3 is 2.30 bits per heavy atom. The van der Waals surface area contributed by atoms with Gasteiger partial charge in [0.15, 0.2) is 0 Å². The lowest BCUT2D eigenvalue weighted by Gasteiger charge is -2.34. The molecule has 0 aliphatic carbocycles. The van der Waals surface area contributed by atoms with Gasteiger partial charge in [-0.2, -0.15) is 0 Å². The summed E-state index contributed by atoms with van der Waals surface area (Å²) in [5.74, 6) is -0.271. The smallest absolute Gasteiger partial charge is 0.244 e. The average Bonchev–Trinajstić information content (AvgIpc) is 2.35. The summed E-state index contributed by atoms with van der Waals surface area (Å²) in [6.07, 6.45) is 0.853. The molecule has 0 saturated heterocycles. The Balaban J connectivity index is 2.79. The minimum absolute atomic E-state index is 0.0664. The number of rotatable bonds is 4. The molecule has 20 heavy (non-hydrogen) atoms. The average molecular weight is 276 g/mol. The van der Waals surface area contributed by atoms with Crippen LogP contribution < -0.4 is 5.32 Å². The first kappa shape index (κ1) is 16.2. The molecule has 2 amide bonds. The predicted molar refractivity (Wildman–Crippen MR) is 81.6 cm³/mol. The largest absolute Gasteiger partial charge is 0.329 e. The SMILES string of the molecule is CCc1ccccc1NC(=O)CN(C(C)=O)C(C)(C)C. The number of nitrogens with one attached hydrogen (secondary N) is 1. The van der Waals surface area contributed by atoms with Gasteiger partial charge in [-0.05, 0) is 38.8 Å². The fraction of sp³-hybridized carbons (Fsp3) is 0.500. The van der Waals surface area contributed by atoms with Crippen LogP contribution in [0.25, 0.3) is 0 Å². The second kappa shape index (κ2) is 6.55. The highest BCUT2D eigenvalue weighted by atomic mass is 16.2. The van der Waals surface area contributed by atoms with Gasteiger partial charge in [0, 0.05) is 18.2 Å². The van der Waals surface area contributed by atoms with Crippen molar-refractivity contribution in [2.24, 2.45) is 0 Å². The highest BCUT2D eigenvalue weighted by molar-refractivity contribution is 5.95. The number of anilines is 1. The van der Waals surface area contributed by atoms with Crippen molar-refractivity contribution in [1.29, 1.82) is 0 Å². The second-order valence-electron chi connectivity index (χ2n) is 5.83. The van der Waals surface area contributed by atoms with Crippen LogP contribution in [0.4, 0.5) is 5.69 Å². The van der Waals surface area contributed by atoms with Crippen LogP contribution in [0.2, 0.25) is 0 Å². The maximum absolute atomic E-state index is 12.1. The number of nitrogens with zero attached hydrogens (tertiary/aromatic N) is 1. The summed E-state index contributed by atoms with van der Waals surface area (Å²) >= 11 is 0. The first-order chi connectivity index (χ1) is 9.25. The van der Waals surface area contributed by atoms with E-state index in [-0.39, 0.29) is 23.9 Å². The zero-order chi connectivity index (χ0) is 15.3. The zero-order valence-corrected chi connectivity index (χ0v) is 13.0. The van der Waals surface area contributed by atoms with Crippen molar-refractivity contribution in [3.63, 3.8) is 0 Å². The van der Waals surface area contributed by atoms with Crippen LogP contribution in [-0.4, -0.2) is 28.8 Å². The van der Waals surface area contributed by atoms with Gasteiger partial charge in [0.1, 0.15) is 6.54 Å². The molecule has 110 valence electrons. The van der Waals surface area contributed by atoms with E-state index in [1.54, 1.807) is 4.90 Å². The Kier molecular flexibility index (Phi) is 5.31. The molecule has 0 spiro atoms. The topological polar surface area (TPSA) is 49.4 Å². The molecule has 4 nitrogen and oxygen atoms in total. The van der Waals surface area contributed by atoms with E-state index in [1.807, 2.05) is 52.0 Å². The highest BCUT2D eigenvalue weighted by Crippen LogP contribution is 2.17. The van der Waals surface area contributed by atoms with Crippen LogP contribution in [-0.2, 0) is 16.0 Å². The summed E-state index contributed by atoms with van der Waals surface area (Å²) in [6, 6.07) is 7.71. The van der Waals surface area contributed by atoms with E-state index in [0.717, 1.165) is 17.7 Å². The summed E-state index contributed by atoms with van der Waals surface area (Å²) in [5, 5.41) is 2.89. The van der Waals surface area contributed by atoms with Crippen LogP contribution in [0.15, 0.2) is 24.3 Å². The summed E-state index contributed by atoms with van der Waals surface area (Å²) in [7, 11) is 0. The summed E-state index contributed by atoms with van der Waals surface area (Å²) in [5.41, 5.74) is 1.54. The molecule has 1 rings (SSSR count). The zero-order valence-electron chi connectivity index (χ0n) is 13.0. The number of carbonyl (C=O) groups excluding carboxylic acids is 2. The number of aryl methyl sites for hydroxylation is 1. The third-order valence-corrected chi connectivity index (χ3v) is 3.16. The molecule has 1 N–H and O–H groups in total. The highest BCUT2D eigenvalue weighted by Gasteiger charge is 2.25. The van der Waals surface area contributed by atoms with Gasteiger partial charge in [-0.25, -0.2) is 0 Å². The van der Waals surface area contributed by atoms with Crippen molar-refractivity contribution in [2.75, 3.05) is 11.9 Å². The lowest BCUT2D eigenvalue weighted by atomic mass is 10.1. The minimum Gasteiger partial charge on any atom is -0.329 e. The van der Waals surface area contributed by atoms with Crippen LogP contribution in [0.5, 0.6) is 0 Å². The maximum atomic E-state index is 12.1. The third-order valence-electron chi connectivity index (χ3n) is 3.16. The molecule has 0 bridgehead atoms. The van der Waals surface area contributed by atoms with Gasteiger partial charge in [-0.15, -0.1) is 0 Å². The normalized spacial score (nSPS) is 11.1. The number of amides is 2. The first-order valence-electron chi connectivity index (χ1n) is 6.91. The maximum Gasteiger partial charge on any atom is 0.244 e. The van der Waals surface area contributed by atoms with Crippen LogP contribution in [0.1, 0.15) is 40.2 Å². The van der Waals surface area contributed by atoms with E-state index >= 15 is 0 Å². The van der Waals surface area contributed by atoms with E-state index in [1.165, 1.54) is 6.92 Å². The van der Waals surface area contributed by atoms with E-state index in [9.17, 15) is 9.59 Å². The Hall–Kier alpha value is -1.84. The molecule has 0 aromatic heterocycles. The lowest BCUT2D eigenvalue weighted by Crippen LogP contribution is -2.48. The standard InChI is InChI=1S/C16H24N2O2/c1-6-13-9-7-8-10-14(13)17-15(20)11-18(12(2)19)16(3,4)5/h7-10H,6,11H2,1-5H3,(H,17,20). The van der Waals surface area contributed by atoms with Crippen molar-refractivity contribution in [3.05, 3.63) is 29.8 Å². The molecule has 0 aliphatic heterocycles. The van der Waals surface area contributed by atoms with Gasteiger partial charge in [-0.1, -0.05) is 25.1 Å². The molecule has 0 heterocycles. The second-order valence-corrected chi connectivity index (χ2v) is 5.83. The molecular formula is C16H24N2O2. The molecule has 0 saturated carbocycles. The molecule has 0 radical (unpaired) electrons. The van der Waals surface area contributed by atoms with Gasteiger partial charge in [0.2, 0.25) is 11.8 Å². The fourth-order valence-electron chi connectivity index (χ4n) is 2.10.